The van der Waals surface area contributed by atoms with Gasteiger partial charge >= 0.3 is 0 Å². The molecule has 0 N–H and O–H groups in total. The zero-order chi connectivity index (χ0) is 18.7. The summed E-state index contributed by atoms with van der Waals surface area (Å²) in [6.45, 7) is 18.9. The SMILES string of the molecule is COCCN(C[C@@H]1CN(C(C)(C)C)CCO1)[C@H]1C[C@@H](OC(C)(C)C)C1. The van der Waals surface area contributed by atoms with E-state index < -0.39 is 0 Å². The molecule has 0 amide bonds. The van der Waals surface area contributed by atoms with Crippen molar-refractivity contribution in [3.63, 3.8) is 0 Å². The molecular formula is C20H40N2O3. The van der Waals surface area contributed by atoms with Gasteiger partial charge in [-0.25, -0.2) is 0 Å². The highest BCUT2D eigenvalue weighted by atomic mass is 16.5. The molecule has 0 unspecified atom stereocenters. The van der Waals surface area contributed by atoms with Crippen molar-refractivity contribution in [2.24, 2.45) is 0 Å². The average molecular weight is 357 g/mol. The lowest BCUT2D eigenvalue weighted by Crippen LogP contribution is -2.57. The van der Waals surface area contributed by atoms with E-state index in [0.717, 1.165) is 52.2 Å². The van der Waals surface area contributed by atoms with E-state index in [2.05, 4.69) is 51.3 Å². The van der Waals surface area contributed by atoms with Crippen LogP contribution in [0.15, 0.2) is 0 Å². The highest BCUT2D eigenvalue weighted by Crippen LogP contribution is 2.32. The minimum absolute atomic E-state index is 0.0489. The second-order valence-electron chi connectivity index (χ2n) is 9.57. The molecule has 1 aliphatic heterocycles. The number of hydrogen-bond donors (Lipinski definition) is 0. The molecule has 148 valence electrons. The van der Waals surface area contributed by atoms with Gasteiger partial charge in [0, 0.05) is 44.9 Å². The van der Waals surface area contributed by atoms with Crippen LogP contribution >= 0.6 is 0 Å². The van der Waals surface area contributed by atoms with Gasteiger partial charge in [-0.15, -0.1) is 0 Å². The molecule has 1 atom stereocenters. The van der Waals surface area contributed by atoms with E-state index in [9.17, 15) is 0 Å². The van der Waals surface area contributed by atoms with Gasteiger partial charge in [0.2, 0.25) is 0 Å². The third kappa shape index (κ3) is 6.79. The van der Waals surface area contributed by atoms with Crippen molar-refractivity contribution >= 4 is 0 Å². The summed E-state index contributed by atoms with van der Waals surface area (Å²) in [5.41, 5.74) is 0.161. The van der Waals surface area contributed by atoms with Crippen LogP contribution in [0.2, 0.25) is 0 Å². The Balaban J connectivity index is 1.86. The van der Waals surface area contributed by atoms with Crippen LogP contribution in [0.3, 0.4) is 0 Å². The van der Waals surface area contributed by atoms with Gasteiger partial charge in [-0.05, 0) is 54.4 Å². The molecule has 2 aliphatic rings. The highest BCUT2D eigenvalue weighted by Gasteiger charge is 2.38. The van der Waals surface area contributed by atoms with Crippen molar-refractivity contribution < 1.29 is 14.2 Å². The van der Waals surface area contributed by atoms with Crippen LogP contribution in [0.1, 0.15) is 54.4 Å². The summed E-state index contributed by atoms with van der Waals surface area (Å²) >= 11 is 0. The summed E-state index contributed by atoms with van der Waals surface area (Å²) in [4.78, 5) is 5.10. The van der Waals surface area contributed by atoms with E-state index in [0.29, 0.717) is 12.1 Å². The molecule has 0 spiro atoms. The summed E-state index contributed by atoms with van der Waals surface area (Å²) in [6.07, 6.45) is 2.92. The van der Waals surface area contributed by atoms with Crippen LogP contribution in [0.4, 0.5) is 0 Å². The highest BCUT2D eigenvalue weighted by molar-refractivity contribution is 4.92. The maximum absolute atomic E-state index is 6.11. The van der Waals surface area contributed by atoms with Gasteiger partial charge in [-0.1, -0.05) is 0 Å². The molecule has 25 heavy (non-hydrogen) atoms. The van der Waals surface area contributed by atoms with E-state index in [4.69, 9.17) is 14.2 Å². The molecule has 2 rings (SSSR count). The lowest BCUT2D eigenvalue weighted by Gasteiger charge is -2.47. The van der Waals surface area contributed by atoms with Crippen LogP contribution in [0.5, 0.6) is 0 Å². The Morgan fingerprint density at radius 2 is 1.80 bits per heavy atom. The van der Waals surface area contributed by atoms with Gasteiger partial charge < -0.3 is 14.2 Å². The van der Waals surface area contributed by atoms with Gasteiger partial charge in [0.05, 0.1) is 31.0 Å². The summed E-state index contributed by atoms with van der Waals surface area (Å²) < 4.78 is 17.5. The molecule has 1 heterocycles. The molecule has 0 aromatic heterocycles. The molecule has 0 aromatic carbocycles. The zero-order valence-corrected chi connectivity index (χ0v) is 17.5. The van der Waals surface area contributed by atoms with Crippen LogP contribution in [0, 0.1) is 0 Å². The Bertz CT molecular complexity index is 397. The number of morpholine rings is 1. The molecule has 1 saturated heterocycles. The quantitative estimate of drug-likeness (QED) is 0.701. The number of methoxy groups -OCH3 is 1. The Morgan fingerprint density at radius 3 is 2.36 bits per heavy atom. The molecule has 0 aromatic rings. The van der Waals surface area contributed by atoms with Crippen molar-refractivity contribution in [2.45, 2.75) is 83.8 Å². The van der Waals surface area contributed by atoms with E-state index >= 15 is 0 Å². The predicted molar refractivity (Wildman–Crippen MR) is 102 cm³/mol. The largest absolute Gasteiger partial charge is 0.383 e. The number of ether oxygens (including phenoxy) is 3. The fourth-order valence-electron chi connectivity index (χ4n) is 3.76. The van der Waals surface area contributed by atoms with E-state index in [1.165, 1.54) is 0 Å². The van der Waals surface area contributed by atoms with Crippen molar-refractivity contribution in [1.82, 2.24) is 9.80 Å². The van der Waals surface area contributed by atoms with Crippen LogP contribution < -0.4 is 0 Å². The Hall–Kier alpha value is -0.200. The van der Waals surface area contributed by atoms with Crippen LogP contribution in [-0.4, -0.2) is 85.7 Å². The maximum Gasteiger partial charge on any atom is 0.0829 e. The van der Waals surface area contributed by atoms with Gasteiger partial charge in [-0.3, -0.25) is 9.80 Å². The minimum atomic E-state index is -0.0489. The second-order valence-corrected chi connectivity index (χ2v) is 9.57. The normalized spacial score (nSPS) is 29.0. The second kappa shape index (κ2) is 8.66. The monoisotopic (exact) mass is 356 g/mol. The maximum atomic E-state index is 6.11. The van der Waals surface area contributed by atoms with Crippen LogP contribution in [0.25, 0.3) is 0 Å². The predicted octanol–water partition coefficient (Wildman–Crippen LogP) is 2.78. The molecule has 0 radical (unpaired) electrons. The topological polar surface area (TPSA) is 34.2 Å². The first-order valence-corrected chi connectivity index (χ1v) is 9.86. The summed E-state index contributed by atoms with van der Waals surface area (Å²) in [6, 6.07) is 0.594. The third-order valence-electron chi connectivity index (χ3n) is 5.21. The summed E-state index contributed by atoms with van der Waals surface area (Å²) in [5.74, 6) is 0. The molecule has 2 fully saturated rings. The molecule has 1 saturated carbocycles. The Labute approximate surface area is 155 Å². The van der Waals surface area contributed by atoms with Crippen molar-refractivity contribution in [1.29, 1.82) is 0 Å². The molecule has 5 nitrogen and oxygen atoms in total. The van der Waals surface area contributed by atoms with Gasteiger partial charge in [0.15, 0.2) is 0 Å². The lowest BCUT2D eigenvalue weighted by atomic mass is 9.87. The van der Waals surface area contributed by atoms with Gasteiger partial charge in [0.1, 0.15) is 0 Å². The molecule has 1 aliphatic carbocycles. The fraction of sp³-hybridized carbons (Fsp3) is 1.00. The first-order valence-electron chi connectivity index (χ1n) is 9.86. The Morgan fingerprint density at radius 1 is 1.12 bits per heavy atom. The lowest BCUT2D eigenvalue weighted by molar-refractivity contribution is -0.131. The van der Waals surface area contributed by atoms with E-state index in [1.54, 1.807) is 7.11 Å². The first-order chi connectivity index (χ1) is 11.6. The standard InChI is InChI=1S/C20H40N2O3/c1-19(2,3)22-9-11-24-18(15-22)14-21(8-10-23-7)16-12-17(13-16)25-20(4,5)6/h16-18H,8-15H2,1-7H3/t16-,17+,18-/m1/s1. The number of hydrogen-bond acceptors (Lipinski definition) is 5. The molecular weight excluding hydrogens is 316 g/mol. The van der Waals surface area contributed by atoms with E-state index in [1.807, 2.05) is 0 Å². The molecule has 5 heteroatoms. The Kier molecular flexibility index (Phi) is 7.31. The van der Waals surface area contributed by atoms with Gasteiger partial charge in [0.25, 0.3) is 0 Å². The van der Waals surface area contributed by atoms with Crippen molar-refractivity contribution in [2.75, 3.05) is 46.5 Å². The molecule has 0 bridgehead atoms. The smallest absolute Gasteiger partial charge is 0.0829 e. The fourth-order valence-corrected chi connectivity index (χ4v) is 3.76. The number of rotatable bonds is 7. The average Bonchev–Trinajstić information content (AvgIpc) is 2.45. The van der Waals surface area contributed by atoms with E-state index in [-0.39, 0.29) is 17.2 Å². The van der Waals surface area contributed by atoms with Crippen molar-refractivity contribution in [3.05, 3.63) is 0 Å². The van der Waals surface area contributed by atoms with Crippen LogP contribution in [-0.2, 0) is 14.2 Å². The minimum Gasteiger partial charge on any atom is -0.383 e. The third-order valence-corrected chi connectivity index (χ3v) is 5.21. The first kappa shape index (κ1) is 21.1. The number of nitrogens with zero attached hydrogens (tertiary/aromatic N) is 2. The zero-order valence-electron chi connectivity index (χ0n) is 17.5. The summed E-state index contributed by atoms with van der Waals surface area (Å²) in [7, 11) is 1.78. The summed E-state index contributed by atoms with van der Waals surface area (Å²) in [5, 5.41) is 0. The van der Waals surface area contributed by atoms with Gasteiger partial charge in [-0.2, -0.15) is 0 Å². The van der Waals surface area contributed by atoms with Crippen molar-refractivity contribution in [3.8, 4) is 0 Å².